The van der Waals surface area contributed by atoms with Gasteiger partial charge in [0, 0.05) is 12.1 Å². The lowest BCUT2D eigenvalue weighted by Crippen LogP contribution is -1.94. The van der Waals surface area contributed by atoms with Gasteiger partial charge in [-0.2, -0.15) is 0 Å². The molecule has 0 bridgehead atoms. The number of rotatable bonds is 5. The summed E-state index contributed by atoms with van der Waals surface area (Å²) in [6.07, 6.45) is 0. The molecule has 0 aliphatic carbocycles. The summed E-state index contributed by atoms with van der Waals surface area (Å²) in [5.41, 5.74) is 27.0. The summed E-state index contributed by atoms with van der Waals surface area (Å²) in [6.45, 7) is 0. The van der Waals surface area contributed by atoms with Crippen LogP contribution in [0.3, 0.4) is 0 Å². The first-order valence-electron chi connectivity index (χ1n) is 10.4. The van der Waals surface area contributed by atoms with Gasteiger partial charge in [0.2, 0.25) is 0 Å². The Hall–Kier alpha value is -3.94. The second-order valence-electron chi connectivity index (χ2n) is 7.38. The van der Waals surface area contributed by atoms with E-state index in [1.807, 2.05) is 36.4 Å². The van der Waals surface area contributed by atoms with Crippen LogP contribution < -0.4 is 37.1 Å². The molecule has 0 spiro atoms. The zero-order valence-electron chi connectivity index (χ0n) is 19.2. The average Bonchev–Trinajstić information content (AvgIpc) is 2.85. The third-order valence-corrected chi connectivity index (χ3v) is 5.63. The van der Waals surface area contributed by atoms with Gasteiger partial charge in [-0.05, 0) is 59.7 Å². The molecule has 182 valence electrons. The molecule has 0 atom stereocenters. The Bertz CT molecular complexity index is 1230. The molecule has 4 aromatic carbocycles. The van der Waals surface area contributed by atoms with Gasteiger partial charge < -0.3 is 37.1 Å². The molecule has 35 heavy (non-hydrogen) atoms. The van der Waals surface area contributed by atoms with Gasteiger partial charge in [-0.15, -0.1) is 0 Å². The van der Waals surface area contributed by atoms with Gasteiger partial charge in [-0.25, -0.2) is 0 Å². The Morgan fingerprint density at radius 2 is 0.886 bits per heavy atom. The molecule has 7 nitrogen and oxygen atoms in total. The molecule has 8 N–H and O–H groups in total. The lowest BCUT2D eigenvalue weighted by atomic mass is 10.0. The highest BCUT2D eigenvalue weighted by Crippen LogP contribution is 2.33. The highest BCUT2D eigenvalue weighted by atomic mass is 35.5. The monoisotopic (exact) mass is 512 g/mol. The molecule has 0 aromatic heterocycles. The van der Waals surface area contributed by atoms with Gasteiger partial charge in [-0.3, -0.25) is 0 Å². The van der Waals surface area contributed by atoms with Crippen LogP contribution in [0.15, 0.2) is 72.8 Å². The standard InChI is InChI=1S/C14H16N2O2.C12H10Cl2N2O/c1-17-13-7-9(3-5-11(13)15)10-4-6-12(16)14(8-10)18-2;13-9-5-7(1-3-11(9)15)17-8-2-4-12(16)10(14)6-8/h3-8H,15-16H2,1-2H3;1-6H,15-16H2. The van der Waals surface area contributed by atoms with Crippen molar-refractivity contribution in [1.29, 1.82) is 0 Å². The van der Waals surface area contributed by atoms with Gasteiger partial charge in [0.1, 0.15) is 23.0 Å². The summed E-state index contributed by atoms with van der Waals surface area (Å²) in [4.78, 5) is 0. The number of hydrogen-bond acceptors (Lipinski definition) is 7. The largest absolute Gasteiger partial charge is 0.495 e. The Labute approximate surface area is 214 Å². The number of ether oxygens (including phenoxy) is 3. The SMILES string of the molecule is COc1cc(-c2ccc(N)c(OC)c2)ccc1N.Nc1ccc(Oc2ccc(N)c(Cl)c2)cc1Cl. The van der Waals surface area contributed by atoms with Gasteiger partial charge >= 0.3 is 0 Å². The first kappa shape index (κ1) is 25.7. The maximum Gasteiger partial charge on any atom is 0.142 e. The van der Waals surface area contributed by atoms with Crippen LogP contribution in [0, 0.1) is 0 Å². The fourth-order valence-corrected chi connectivity index (χ4v) is 3.40. The third kappa shape index (κ3) is 6.56. The van der Waals surface area contributed by atoms with Gasteiger partial charge in [-0.1, -0.05) is 35.3 Å². The number of benzene rings is 4. The van der Waals surface area contributed by atoms with Crippen molar-refractivity contribution in [3.05, 3.63) is 82.8 Å². The lowest BCUT2D eigenvalue weighted by molar-refractivity contribution is 0.416. The van der Waals surface area contributed by atoms with Crippen LogP contribution in [0.2, 0.25) is 10.0 Å². The molecule has 0 aliphatic heterocycles. The maximum atomic E-state index is 5.89. The number of nitrogen functional groups attached to an aromatic ring is 4. The van der Waals surface area contributed by atoms with Gasteiger partial charge in [0.25, 0.3) is 0 Å². The Kier molecular flexibility index (Phi) is 8.41. The van der Waals surface area contributed by atoms with Gasteiger partial charge in [0.15, 0.2) is 0 Å². The van der Waals surface area contributed by atoms with Crippen molar-refractivity contribution in [3.8, 4) is 34.1 Å². The fraction of sp³-hybridized carbons (Fsp3) is 0.0769. The lowest BCUT2D eigenvalue weighted by Gasteiger charge is -2.10. The molecule has 0 saturated carbocycles. The molecule has 0 unspecified atom stereocenters. The van der Waals surface area contributed by atoms with E-state index < -0.39 is 0 Å². The Morgan fingerprint density at radius 3 is 1.23 bits per heavy atom. The molecular weight excluding hydrogens is 487 g/mol. The smallest absolute Gasteiger partial charge is 0.142 e. The van der Waals surface area contributed by atoms with E-state index in [0.29, 0.717) is 55.8 Å². The summed E-state index contributed by atoms with van der Waals surface area (Å²) in [5.74, 6) is 2.49. The van der Waals surface area contributed by atoms with E-state index in [-0.39, 0.29) is 0 Å². The topological polar surface area (TPSA) is 132 Å². The van der Waals surface area contributed by atoms with Crippen molar-refractivity contribution in [2.24, 2.45) is 0 Å². The summed E-state index contributed by atoms with van der Waals surface area (Å²) < 4.78 is 16.0. The quantitative estimate of drug-likeness (QED) is 0.224. The van der Waals surface area contributed by atoms with E-state index in [0.717, 1.165) is 11.1 Å². The molecule has 0 fully saturated rings. The van der Waals surface area contributed by atoms with E-state index >= 15 is 0 Å². The normalized spacial score (nSPS) is 10.2. The highest BCUT2D eigenvalue weighted by molar-refractivity contribution is 6.33. The molecule has 0 radical (unpaired) electrons. The molecule has 4 aromatic rings. The number of methoxy groups -OCH3 is 2. The van der Waals surface area contributed by atoms with Crippen molar-refractivity contribution >= 4 is 46.0 Å². The van der Waals surface area contributed by atoms with Crippen molar-refractivity contribution in [3.63, 3.8) is 0 Å². The second kappa shape index (κ2) is 11.5. The minimum absolute atomic E-state index is 0.448. The Morgan fingerprint density at radius 1 is 0.514 bits per heavy atom. The molecule has 0 aliphatic rings. The number of anilines is 4. The average molecular weight is 513 g/mol. The summed E-state index contributed by atoms with van der Waals surface area (Å²) >= 11 is 11.8. The maximum absolute atomic E-state index is 5.89. The molecule has 9 heteroatoms. The Balaban J connectivity index is 0.000000196. The first-order chi connectivity index (χ1) is 16.7. The number of hydrogen-bond donors (Lipinski definition) is 4. The van der Waals surface area contributed by atoms with Crippen molar-refractivity contribution in [2.45, 2.75) is 0 Å². The van der Waals surface area contributed by atoms with Crippen LogP contribution in [0.1, 0.15) is 0 Å². The number of nitrogens with two attached hydrogens (primary N) is 4. The predicted molar refractivity (Wildman–Crippen MR) is 146 cm³/mol. The summed E-state index contributed by atoms with van der Waals surface area (Å²) in [7, 11) is 3.19. The second-order valence-corrected chi connectivity index (χ2v) is 8.20. The third-order valence-electron chi connectivity index (χ3n) is 4.98. The first-order valence-corrected chi connectivity index (χ1v) is 11.1. The zero-order chi connectivity index (χ0) is 25.5. The predicted octanol–water partition coefficient (Wildman–Crippen LogP) is 6.49. The van der Waals surface area contributed by atoms with Crippen LogP contribution in [-0.4, -0.2) is 14.2 Å². The van der Waals surface area contributed by atoms with Crippen LogP contribution >= 0.6 is 23.2 Å². The highest BCUT2D eigenvalue weighted by Gasteiger charge is 2.07. The van der Waals surface area contributed by atoms with Gasteiger partial charge in [0.05, 0.1) is 47.0 Å². The van der Waals surface area contributed by atoms with Crippen LogP contribution in [0.25, 0.3) is 11.1 Å². The van der Waals surface area contributed by atoms with Crippen molar-refractivity contribution < 1.29 is 14.2 Å². The number of halogens is 2. The molecule has 0 saturated heterocycles. The van der Waals surface area contributed by atoms with Crippen LogP contribution in [0.5, 0.6) is 23.0 Å². The molecular formula is C26H26Cl2N4O3. The molecule has 0 amide bonds. The van der Waals surface area contributed by atoms with E-state index in [4.69, 9.17) is 60.3 Å². The molecule has 0 heterocycles. The molecule has 4 rings (SSSR count). The van der Waals surface area contributed by atoms with E-state index in [9.17, 15) is 0 Å². The minimum Gasteiger partial charge on any atom is -0.495 e. The van der Waals surface area contributed by atoms with E-state index in [1.54, 1.807) is 50.6 Å². The van der Waals surface area contributed by atoms with Crippen LogP contribution in [0.4, 0.5) is 22.7 Å². The van der Waals surface area contributed by atoms with E-state index in [2.05, 4.69) is 0 Å². The zero-order valence-corrected chi connectivity index (χ0v) is 20.7. The minimum atomic E-state index is 0.448. The van der Waals surface area contributed by atoms with Crippen LogP contribution in [-0.2, 0) is 0 Å². The fourth-order valence-electron chi connectivity index (χ4n) is 3.06. The summed E-state index contributed by atoms with van der Waals surface area (Å²) in [5, 5.41) is 0.896. The van der Waals surface area contributed by atoms with Crippen molar-refractivity contribution in [1.82, 2.24) is 0 Å². The summed E-state index contributed by atoms with van der Waals surface area (Å²) in [6, 6.07) is 21.4. The van der Waals surface area contributed by atoms with E-state index in [1.165, 1.54) is 0 Å². The van der Waals surface area contributed by atoms with Crippen molar-refractivity contribution in [2.75, 3.05) is 37.2 Å².